The maximum Gasteiger partial charge on any atom is 0.416 e. The molecule has 1 heterocycles. The quantitative estimate of drug-likeness (QED) is 0.881. The molecule has 1 atom stereocenters. The highest BCUT2D eigenvalue weighted by Crippen LogP contribution is 2.35. The minimum absolute atomic E-state index is 0.0611. The lowest BCUT2D eigenvalue weighted by molar-refractivity contribution is -0.137. The number of ether oxygens (including phenoxy) is 1. The summed E-state index contributed by atoms with van der Waals surface area (Å²) in [5.41, 5.74) is 5.95. The van der Waals surface area contributed by atoms with Crippen LogP contribution in [0.2, 0.25) is 0 Å². The summed E-state index contributed by atoms with van der Waals surface area (Å²) >= 11 is 0. The first kappa shape index (κ1) is 15.6. The number of imidazole rings is 1. The molecule has 0 amide bonds. The predicted molar refractivity (Wildman–Crippen MR) is 75.1 cm³/mol. The summed E-state index contributed by atoms with van der Waals surface area (Å²) < 4.78 is 45.5. The van der Waals surface area contributed by atoms with E-state index in [0.717, 1.165) is 12.1 Å². The normalized spacial score (nSPS) is 13.8. The van der Waals surface area contributed by atoms with Gasteiger partial charge in [0.15, 0.2) is 0 Å². The Labute approximate surface area is 120 Å². The van der Waals surface area contributed by atoms with Gasteiger partial charge in [-0.2, -0.15) is 13.2 Å². The van der Waals surface area contributed by atoms with E-state index in [2.05, 4.69) is 4.98 Å². The number of nitrogens with two attached hydrogens (primary N) is 1. The lowest BCUT2D eigenvalue weighted by Gasteiger charge is -2.17. The molecule has 1 aromatic carbocycles. The second-order valence-electron chi connectivity index (χ2n) is 4.99. The Kier molecular flexibility index (Phi) is 4.13. The Bertz CT molecular complexity index is 649. The monoisotopic (exact) mass is 301 g/mol. The van der Waals surface area contributed by atoms with Crippen LogP contribution >= 0.6 is 0 Å². The molecule has 0 saturated carbocycles. The Hall–Kier alpha value is -1.76. The van der Waals surface area contributed by atoms with Gasteiger partial charge in [0.25, 0.3) is 0 Å². The average molecular weight is 301 g/mol. The van der Waals surface area contributed by atoms with Crippen molar-refractivity contribution in [2.45, 2.75) is 32.5 Å². The van der Waals surface area contributed by atoms with Crippen LogP contribution in [0.1, 0.15) is 31.3 Å². The number of rotatable bonds is 4. The maximum atomic E-state index is 12.9. The highest BCUT2D eigenvalue weighted by atomic mass is 19.4. The van der Waals surface area contributed by atoms with E-state index in [1.54, 1.807) is 7.11 Å². The number of nitrogens with zero attached hydrogens (tertiary/aromatic N) is 2. The Balaban J connectivity index is 2.69. The lowest BCUT2D eigenvalue weighted by atomic mass is 10.1. The molecule has 4 nitrogen and oxygen atoms in total. The van der Waals surface area contributed by atoms with Gasteiger partial charge in [0, 0.05) is 13.5 Å². The third-order valence-corrected chi connectivity index (χ3v) is 3.38. The van der Waals surface area contributed by atoms with Gasteiger partial charge >= 0.3 is 6.18 Å². The largest absolute Gasteiger partial charge is 0.416 e. The van der Waals surface area contributed by atoms with Crippen LogP contribution in [0.25, 0.3) is 11.0 Å². The van der Waals surface area contributed by atoms with Crippen molar-refractivity contribution in [3.8, 4) is 0 Å². The summed E-state index contributed by atoms with van der Waals surface area (Å²) in [6.07, 6.45) is -3.83. The summed E-state index contributed by atoms with van der Waals surface area (Å²) in [5, 5.41) is 0. The molecule has 1 aromatic heterocycles. The van der Waals surface area contributed by atoms with Crippen molar-refractivity contribution in [3.63, 3.8) is 0 Å². The second kappa shape index (κ2) is 5.55. The molecule has 2 rings (SSSR count). The molecule has 0 saturated heterocycles. The van der Waals surface area contributed by atoms with Crippen LogP contribution in [0.5, 0.6) is 0 Å². The Morgan fingerprint density at radius 1 is 1.38 bits per heavy atom. The number of anilines is 1. The van der Waals surface area contributed by atoms with E-state index in [4.69, 9.17) is 10.5 Å². The van der Waals surface area contributed by atoms with Crippen LogP contribution in [-0.4, -0.2) is 23.3 Å². The number of hydrogen-bond acceptors (Lipinski definition) is 3. The molecule has 0 radical (unpaired) electrons. The van der Waals surface area contributed by atoms with Crippen molar-refractivity contribution in [2.24, 2.45) is 0 Å². The number of aromatic nitrogens is 2. The molecule has 0 fully saturated rings. The van der Waals surface area contributed by atoms with Gasteiger partial charge in [-0.25, -0.2) is 4.98 Å². The third-order valence-electron chi connectivity index (χ3n) is 3.38. The number of hydrogen-bond donors (Lipinski definition) is 1. The highest BCUT2D eigenvalue weighted by molar-refractivity contribution is 5.89. The van der Waals surface area contributed by atoms with Crippen LogP contribution < -0.4 is 5.73 Å². The van der Waals surface area contributed by atoms with E-state index < -0.39 is 11.7 Å². The third kappa shape index (κ3) is 2.83. The van der Waals surface area contributed by atoms with Gasteiger partial charge in [-0.05, 0) is 19.1 Å². The van der Waals surface area contributed by atoms with Crippen LogP contribution in [0.15, 0.2) is 12.1 Å². The standard InChI is InChI=1S/C14H18F3N3O/c1-4-12-19-11-6-9(14(15,16)17)5-10(18)13(11)20(12)8(2)7-21-3/h5-6,8H,4,7,18H2,1-3H3. The van der Waals surface area contributed by atoms with Crippen molar-refractivity contribution >= 4 is 16.7 Å². The number of benzene rings is 1. The molecule has 0 aliphatic rings. The first-order valence-electron chi connectivity index (χ1n) is 6.66. The fourth-order valence-corrected chi connectivity index (χ4v) is 2.51. The number of nitrogen functional groups attached to an aromatic ring is 1. The second-order valence-corrected chi connectivity index (χ2v) is 4.99. The fraction of sp³-hybridized carbons (Fsp3) is 0.500. The number of fused-ring (bicyclic) bond motifs is 1. The summed E-state index contributed by atoms with van der Waals surface area (Å²) in [6.45, 7) is 4.25. The zero-order valence-electron chi connectivity index (χ0n) is 12.2. The molecule has 7 heteroatoms. The van der Waals surface area contributed by atoms with Crippen molar-refractivity contribution in [2.75, 3.05) is 19.5 Å². The number of aryl methyl sites for hydroxylation is 1. The Morgan fingerprint density at radius 2 is 2.05 bits per heavy atom. The number of halogens is 3. The summed E-state index contributed by atoms with van der Waals surface area (Å²) in [6, 6.07) is 1.94. The van der Waals surface area contributed by atoms with E-state index in [-0.39, 0.29) is 17.2 Å². The lowest BCUT2D eigenvalue weighted by Crippen LogP contribution is -2.14. The van der Waals surface area contributed by atoms with E-state index >= 15 is 0 Å². The van der Waals surface area contributed by atoms with E-state index in [0.29, 0.717) is 24.4 Å². The molecule has 0 aliphatic carbocycles. The van der Waals surface area contributed by atoms with Gasteiger partial charge in [-0.15, -0.1) is 0 Å². The summed E-state index contributed by atoms with van der Waals surface area (Å²) in [4.78, 5) is 4.30. The summed E-state index contributed by atoms with van der Waals surface area (Å²) in [5.74, 6) is 0.695. The molecule has 2 N–H and O–H groups in total. The molecule has 0 bridgehead atoms. The molecular formula is C14H18F3N3O. The number of methoxy groups -OCH3 is 1. The van der Waals surface area contributed by atoms with Crippen molar-refractivity contribution in [1.29, 1.82) is 0 Å². The molecule has 0 aliphatic heterocycles. The Morgan fingerprint density at radius 3 is 2.57 bits per heavy atom. The minimum Gasteiger partial charge on any atom is -0.397 e. The summed E-state index contributed by atoms with van der Waals surface area (Å²) in [7, 11) is 1.58. The zero-order chi connectivity index (χ0) is 15.8. The molecule has 21 heavy (non-hydrogen) atoms. The predicted octanol–water partition coefficient (Wildman–Crippen LogP) is 3.41. The van der Waals surface area contributed by atoms with Crippen molar-refractivity contribution in [3.05, 3.63) is 23.5 Å². The smallest absolute Gasteiger partial charge is 0.397 e. The van der Waals surface area contributed by atoms with Crippen molar-refractivity contribution in [1.82, 2.24) is 9.55 Å². The van der Waals surface area contributed by atoms with Gasteiger partial charge < -0.3 is 15.0 Å². The molecule has 2 aromatic rings. The van der Waals surface area contributed by atoms with Crippen LogP contribution in [0.4, 0.5) is 18.9 Å². The van der Waals surface area contributed by atoms with Crippen LogP contribution in [-0.2, 0) is 17.3 Å². The van der Waals surface area contributed by atoms with E-state index in [9.17, 15) is 13.2 Å². The number of alkyl halides is 3. The average Bonchev–Trinajstić information content (AvgIpc) is 2.77. The molecule has 116 valence electrons. The topological polar surface area (TPSA) is 53.1 Å². The van der Waals surface area contributed by atoms with Gasteiger partial charge in [0.05, 0.1) is 34.9 Å². The first-order chi connectivity index (χ1) is 9.79. The maximum absolute atomic E-state index is 12.9. The fourth-order valence-electron chi connectivity index (χ4n) is 2.51. The van der Waals surface area contributed by atoms with Gasteiger partial charge in [-0.3, -0.25) is 0 Å². The first-order valence-corrected chi connectivity index (χ1v) is 6.66. The molecule has 0 spiro atoms. The van der Waals surface area contributed by atoms with Gasteiger partial charge in [0.1, 0.15) is 5.82 Å². The SMILES string of the molecule is CCc1nc2cc(C(F)(F)F)cc(N)c2n1C(C)COC. The zero-order valence-corrected chi connectivity index (χ0v) is 12.2. The van der Waals surface area contributed by atoms with Crippen LogP contribution in [0.3, 0.4) is 0 Å². The van der Waals surface area contributed by atoms with Crippen molar-refractivity contribution < 1.29 is 17.9 Å². The van der Waals surface area contributed by atoms with Crippen LogP contribution in [0, 0.1) is 0 Å². The minimum atomic E-state index is -4.43. The van der Waals surface area contributed by atoms with Gasteiger partial charge in [-0.1, -0.05) is 6.92 Å². The van der Waals surface area contributed by atoms with E-state index in [1.807, 2.05) is 18.4 Å². The highest BCUT2D eigenvalue weighted by Gasteiger charge is 2.32. The van der Waals surface area contributed by atoms with E-state index in [1.165, 1.54) is 0 Å². The van der Waals surface area contributed by atoms with Gasteiger partial charge in [0.2, 0.25) is 0 Å². The molecule has 1 unspecified atom stereocenters. The molecular weight excluding hydrogens is 283 g/mol.